The zero-order valence-corrected chi connectivity index (χ0v) is 11.9. The third kappa shape index (κ3) is 5.57. The standard InChI is InChI=1S/C13H13F3N2O5/c1-2-23-11(19)10(17-12(20)13(14,15)16)7-8-3-5-9(6-4-8)18(21)22/h3-6,10H,2,7H2,1H3,(H,17,20)/t10-/m0/s1. The van der Waals surface area contributed by atoms with Crippen molar-refractivity contribution < 1.29 is 32.4 Å². The number of alkyl halides is 3. The maximum absolute atomic E-state index is 12.3. The van der Waals surface area contributed by atoms with Crippen LogP contribution < -0.4 is 5.32 Å². The number of rotatable bonds is 6. The van der Waals surface area contributed by atoms with E-state index < -0.39 is 29.0 Å². The van der Waals surface area contributed by atoms with E-state index in [1.54, 1.807) is 5.32 Å². The van der Waals surface area contributed by atoms with Crippen molar-refractivity contribution in [2.75, 3.05) is 6.61 Å². The Balaban J connectivity index is 2.90. The Kier molecular flexibility index (Phi) is 6.05. The minimum absolute atomic E-state index is 0.0719. The van der Waals surface area contributed by atoms with Crippen LogP contribution in [0, 0.1) is 10.1 Å². The Morgan fingerprint density at radius 3 is 2.30 bits per heavy atom. The number of benzene rings is 1. The molecule has 1 rings (SSSR count). The molecule has 0 fully saturated rings. The number of nitrogens with one attached hydrogen (secondary N) is 1. The molecule has 1 aromatic carbocycles. The van der Waals surface area contributed by atoms with Gasteiger partial charge in [0.1, 0.15) is 6.04 Å². The lowest BCUT2D eigenvalue weighted by atomic mass is 10.1. The lowest BCUT2D eigenvalue weighted by Crippen LogP contribution is -2.48. The molecule has 0 bridgehead atoms. The van der Waals surface area contributed by atoms with Gasteiger partial charge in [-0.25, -0.2) is 4.79 Å². The Bertz CT molecular complexity index is 586. The van der Waals surface area contributed by atoms with Crippen LogP contribution in [-0.2, 0) is 20.7 Å². The van der Waals surface area contributed by atoms with E-state index in [1.165, 1.54) is 19.1 Å². The van der Waals surface area contributed by atoms with E-state index in [-0.39, 0.29) is 18.7 Å². The minimum Gasteiger partial charge on any atom is -0.464 e. The molecule has 7 nitrogen and oxygen atoms in total. The van der Waals surface area contributed by atoms with E-state index in [4.69, 9.17) is 0 Å². The molecule has 1 N–H and O–H groups in total. The molecule has 0 unspecified atom stereocenters. The summed E-state index contributed by atoms with van der Waals surface area (Å²) in [5.41, 5.74) is 0.122. The fourth-order valence-electron chi connectivity index (χ4n) is 1.67. The third-order valence-electron chi connectivity index (χ3n) is 2.72. The van der Waals surface area contributed by atoms with Crippen molar-refractivity contribution in [2.45, 2.75) is 25.6 Å². The van der Waals surface area contributed by atoms with Crippen molar-refractivity contribution in [1.29, 1.82) is 0 Å². The highest BCUT2D eigenvalue weighted by molar-refractivity contribution is 5.87. The zero-order valence-electron chi connectivity index (χ0n) is 11.9. The highest BCUT2D eigenvalue weighted by Gasteiger charge is 2.41. The van der Waals surface area contributed by atoms with Gasteiger partial charge < -0.3 is 10.1 Å². The Morgan fingerprint density at radius 1 is 1.30 bits per heavy atom. The first-order valence-electron chi connectivity index (χ1n) is 6.42. The molecule has 0 radical (unpaired) electrons. The minimum atomic E-state index is -5.14. The number of ether oxygens (including phenoxy) is 1. The van der Waals surface area contributed by atoms with Crippen LogP contribution >= 0.6 is 0 Å². The number of halogens is 3. The molecule has 0 aliphatic heterocycles. The number of hydrogen-bond acceptors (Lipinski definition) is 5. The van der Waals surface area contributed by atoms with Crippen LogP contribution in [-0.4, -0.2) is 35.6 Å². The number of nitrogens with zero attached hydrogens (tertiary/aromatic N) is 1. The van der Waals surface area contributed by atoms with Crippen molar-refractivity contribution in [1.82, 2.24) is 5.32 Å². The van der Waals surface area contributed by atoms with E-state index in [0.29, 0.717) is 5.56 Å². The predicted octanol–water partition coefficient (Wildman–Crippen LogP) is 1.75. The highest BCUT2D eigenvalue weighted by Crippen LogP contribution is 2.17. The largest absolute Gasteiger partial charge is 0.471 e. The number of non-ortho nitro benzene ring substituents is 1. The topological polar surface area (TPSA) is 98.5 Å². The summed E-state index contributed by atoms with van der Waals surface area (Å²) in [4.78, 5) is 32.5. The molecule has 0 saturated heterocycles. The Labute approximate surface area is 128 Å². The molecule has 23 heavy (non-hydrogen) atoms. The first kappa shape index (κ1) is 18.4. The second kappa shape index (κ2) is 7.56. The van der Waals surface area contributed by atoms with E-state index in [9.17, 15) is 32.9 Å². The van der Waals surface area contributed by atoms with Crippen LogP contribution in [0.1, 0.15) is 12.5 Å². The maximum atomic E-state index is 12.3. The second-order valence-electron chi connectivity index (χ2n) is 4.40. The quantitative estimate of drug-likeness (QED) is 0.485. The van der Waals surface area contributed by atoms with Gasteiger partial charge >= 0.3 is 18.1 Å². The monoisotopic (exact) mass is 334 g/mol. The number of carbonyl (C=O) groups is 2. The lowest BCUT2D eigenvalue weighted by Gasteiger charge is -2.18. The van der Waals surface area contributed by atoms with Crippen molar-refractivity contribution >= 4 is 17.6 Å². The summed E-state index contributed by atoms with van der Waals surface area (Å²) in [7, 11) is 0. The molecule has 0 spiro atoms. The van der Waals surface area contributed by atoms with Gasteiger partial charge in [-0.05, 0) is 12.5 Å². The molecular formula is C13H13F3N2O5. The maximum Gasteiger partial charge on any atom is 0.471 e. The summed E-state index contributed by atoms with van der Waals surface area (Å²) >= 11 is 0. The first-order valence-corrected chi connectivity index (χ1v) is 6.42. The van der Waals surface area contributed by atoms with E-state index in [1.807, 2.05) is 0 Å². The molecular weight excluding hydrogens is 321 g/mol. The van der Waals surface area contributed by atoms with Crippen LogP contribution in [0.25, 0.3) is 0 Å². The van der Waals surface area contributed by atoms with Crippen LogP contribution in [0.5, 0.6) is 0 Å². The molecule has 126 valence electrons. The second-order valence-corrected chi connectivity index (χ2v) is 4.40. The number of nitro benzene ring substituents is 1. The van der Waals surface area contributed by atoms with Gasteiger partial charge in [-0.3, -0.25) is 14.9 Å². The highest BCUT2D eigenvalue weighted by atomic mass is 19.4. The van der Waals surface area contributed by atoms with Gasteiger partial charge in [0, 0.05) is 18.6 Å². The van der Waals surface area contributed by atoms with Gasteiger partial charge in [-0.15, -0.1) is 0 Å². The van der Waals surface area contributed by atoms with Crippen LogP contribution in [0.4, 0.5) is 18.9 Å². The fraction of sp³-hybridized carbons (Fsp3) is 0.385. The summed E-state index contributed by atoms with van der Waals surface area (Å²) in [5, 5.41) is 12.1. The van der Waals surface area contributed by atoms with Gasteiger partial charge in [-0.2, -0.15) is 13.2 Å². The van der Waals surface area contributed by atoms with Crippen molar-refractivity contribution in [2.24, 2.45) is 0 Å². The Hall–Kier alpha value is -2.65. The van der Waals surface area contributed by atoms with Gasteiger partial charge in [0.15, 0.2) is 0 Å². The van der Waals surface area contributed by atoms with Gasteiger partial charge in [0.05, 0.1) is 11.5 Å². The summed E-state index contributed by atoms with van der Waals surface area (Å²) in [6.07, 6.45) is -5.43. The Morgan fingerprint density at radius 2 is 1.87 bits per heavy atom. The van der Waals surface area contributed by atoms with Crippen LogP contribution in [0.15, 0.2) is 24.3 Å². The van der Waals surface area contributed by atoms with Gasteiger partial charge in [0.2, 0.25) is 0 Å². The molecule has 1 atom stereocenters. The predicted molar refractivity (Wildman–Crippen MR) is 71.4 cm³/mol. The molecule has 0 aromatic heterocycles. The molecule has 1 aromatic rings. The van der Waals surface area contributed by atoms with Crippen molar-refractivity contribution in [3.63, 3.8) is 0 Å². The summed E-state index contributed by atoms with van der Waals surface area (Å²) in [6, 6.07) is 3.30. The van der Waals surface area contributed by atoms with E-state index >= 15 is 0 Å². The molecule has 0 heterocycles. The summed E-state index contributed by atoms with van der Waals surface area (Å²) in [5.74, 6) is -3.29. The molecule has 0 aliphatic rings. The summed E-state index contributed by atoms with van der Waals surface area (Å²) < 4.78 is 41.5. The number of carbonyl (C=O) groups excluding carboxylic acids is 2. The smallest absolute Gasteiger partial charge is 0.464 e. The zero-order chi connectivity index (χ0) is 17.6. The number of esters is 1. The van der Waals surface area contributed by atoms with Crippen molar-refractivity contribution in [3.8, 4) is 0 Å². The lowest BCUT2D eigenvalue weighted by molar-refractivity contribution is -0.384. The number of hydrogen-bond donors (Lipinski definition) is 1. The molecule has 0 aliphatic carbocycles. The number of amides is 1. The van der Waals surface area contributed by atoms with Gasteiger partial charge in [0.25, 0.3) is 5.69 Å². The van der Waals surface area contributed by atoms with Crippen LogP contribution in [0.3, 0.4) is 0 Å². The first-order chi connectivity index (χ1) is 10.6. The van der Waals surface area contributed by atoms with Crippen molar-refractivity contribution in [3.05, 3.63) is 39.9 Å². The van der Waals surface area contributed by atoms with Crippen LogP contribution in [0.2, 0.25) is 0 Å². The van der Waals surface area contributed by atoms with Gasteiger partial charge in [-0.1, -0.05) is 12.1 Å². The average Bonchev–Trinajstić information content (AvgIpc) is 2.46. The normalized spacial score (nSPS) is 12.3. The average molecular weight is 334 g/mol. The van der Waals surface area contributed by atoms with E-state index in [0.717, 1.165) is 12.1 Å². The number of nitro groups is 1. The summed E-state index contributed by atoms with van der Waals surface area (Å²) in [6.45, 7) is 1.39. The fourth-order valence-corrected chi connectivity index (χ4v) is 1.67. The van der Waals surface area contributed by atoms with E-state index in [2.05, 4.69) is 4.74 Å². The molecule has 1 amide bonds. The third-order valence-corrected chi connectivity index (χ3v) is 2.72. The molecule has 10 heteroatoms. The SMILES string of the molecule is CCOC(=O)[C@H](Cc1ccc([N+](=O)[O-])cc1)NC(=O)C(F)(F)F. The molecule has 0 saturated carbocycles.